The maximum absolute atomic E-state index is 13.7. The van der Waals surface area contributed by atoms with E-state index >= 15 is 0 Å². The number of halogens is 1. The van der Waals surface area contributed by atoms with Gasteiger partial charge in [-0.15, -0.1) is 0 Å². The molecule has 122 valence electrons. The summed E-state index contributed by atoms with van der Waals surface area (Å²) in [5.41, 5.74) is 0.917. The molecule has 3 rings (SSSR count). The van der Waals surface area contributed by atoms with Crippen molar-refractivity contribution in [2.75, 3.05) is 26.3 Å². The quantitative estimate of drug-likeness (QED) is 0.869. The highest BCUT2D eigenvalue weighted by Gasteiger charge is 2.27. The number of benzene rings is 1. The molecule has 0 spiro atoms. The van der Waals surface area contributed by atoms with Crippen LogP contribution in [-0.2, 0) is 4.74 Å². The van der Waals surface area contributed by atoms with Gasteiger partial charge in [0.05, 0.1) is 19.4 Å². The first-order valence-electron chi connectivity index (χ1n) is 7.47. The number of hydrogen-bond donors (Lipinski definition) is 0. The number of hydrogen-bond acceptors (Lipinski definition) is 4. The number of ether oxygens (including phenoxy) is 2. The van der Waals surface area contributed by atoms with E-state index in [0.717, 1.165) is 5.56 Å². The highest BCUT2D eigenvalue weighted by Crippen LogP contribution is 2.19. The van der Waals surface area contributed by atoms with Crippen LogP contribution in [0.3, 0.4) is 0 Å². The van der Waals surface area contributed by atoms with E-state index in [4.69, 9.17) is 13.9 Å². The minimum absolute atomic E-state index is 0.176. The minimum atomic E-state index is -0.407. The van der Waals surface area contributed by atoms with E-state index in [1.807, 2.05) is 6.92 Å². The van der Waals surface area contributed by atoms with Gasteiger partial charge in [-0.1, -0.05) is 6.07 Å². The molecule has 6 heteroatoms. The van der Waals surface area contributed by atoms with Crippen LogP contribution < -0.4 is 4.74 Å². The summed E-state index contributed by atoms with van der Waals surface area (Å²) in [6, 6.07) is 8.01. The SMILES string of the molecule is Cc1ccc(F)c(OCC2CN(C(=O)c3ccco3)CCO2)c1. The van der Waals surface area contributed by atoms with Crippen molar-refractivity contribution in [3.05, 3.63) is 53.7 Å². The summed E-state index contributed by atoms with van der Waals surface area (Å²) in [4.78, 5) is 13.9. The molecule has 1 aliphatic heterocycles. The summed E-state index contributed by atoms with van der Waals surface area (Å²) in [6.45, 7) is 3.34. The van der Waals surface area contributed by atoms with E-state index < -0.39 is 5.82 Å². The smallest absolute Gasteiger partial charge is 0.289 e. The zero-order chi connectivity index (χ0) is 16.2. The summed E-state index contributed by atoms with van der Waals surface area (Å²) >= 11 is 0. The molecule has 23 heavy (non-hydrogen) atoms. The maximum Gasteiger partial charge on any atom is 0.289 e. The van der Waals surface area contributed by atoms with Crippen LogP contribution in [0.1, 0.15) is 16.1 Å². The molecule has 0 radical (unpaired) electrons. The average Bonchev–Trinajstić information content (AvgIpc) is 3.10. The van der Waals surface area contributed by atoms with Crippen molar-refractivity contribution < 1.29 is 23.1 Å². The molecule has 1 aliphatic rings. The van der Waals surface area contributed by atoms with Gasteiger partial charge in [0.25, 0.3) is 5.91 Å². The molecule has 0 N–H and O–H groups in total. The van der Waals surface area contributed by atoms with Crippen molar-refractivity contribution in [3.63, 3.8) is 0 Å². The monoisotopic (exact) mass is 319 g/mol. The molecule has 2 aromatic rings. The maximum atomic E-state index is 13.7. The van der Waals surface area contributed by atoms with Gasteiger partial charge in [-0.25, -0.2) is 4.39 Å². The number of rotatable bonds is 4. The molecular formula is C17H18FNO4. The number of aryl methyl sites for hydroxylation is 1. The lowest BCUT2D eigenvalue weighted by atomic mass is 10.2. The third kappa shape index (κ3) is 3.71. The van der Waals surface area contributed by atoms with Gasteiger partial charge in [0.1, 0.15) is 12.7 Å². The number of amides is 1. The molecule has 5 nitrogen and oxygen atoms in total. The van der Waals surface area contributed by atoms with Crippen molar-refractivity contribution in [2.24, 2.45) is 0 Å². The summed E-state index contributed by atoms with van der Waals surface area (Å²) in [6.07, 6.45) is 1.16. The van der Waals surface area contributed by atoms with Gasteiger partial charge >= 0.3 is 0 Å². The van der Waals surface area contributed by atoms with Crippen molar-refractivity contribution in [1.82, 2.24) is 4.90 Å². The zero-order valence-electron chi connectivity index (χ0n) is 12.8. The van der Waals surface area contributed by atoms with Crippen LogP contribution in [0.25, 0.3) is 0 Å². The van der Waals surface area contributed by atoms with Crippen molar-refractivity contribution in [1.29, 1.82) is 0 Å². The second-order valence-electron chi connectivity index (χ2n) is 5.47. The molecule has 1 aromatic carbocycles. The predicted octanol–water partition coefficient (Wildman–Crippen LogP) is 2.65. The number of carbonyl (C=O) groups excluding carboxylic acids is 1. The van der Waals surface area contributed by atoms with Gasteiger partial charge < -0.3 is 18.8 Å². The first-order chi connectivity index (χ1) is 11.1. The number of nitrogens with zero attached hydrogens (tertiary/aromatic N) is 1. The molecule has 1 fully saturated rings. The summed E-state index contributed by atoms with van der Waals surface area (Å²) in [5, 5.41) is 0. The van der Waals surface area contributed by atoms with Gasteiger partial charge in [0.15, 0.2) is 17.3 Å². The van der Waals surface area contributed by atoms with Crippen LogP contribution in [0.15, 0.2) is 41.0 Å². The highest BCUT2D eigenvalue weighted by atomic mass is 19.1. The van der Waals surface area contributed by atoms with Gasteiger partial charge in [-0.2, -0.15) is 0 Å². The topological polar surface area (TPSA) is 51.9 Å². The van der Waals surface area contributed by atoms with Crippen LogP contribution >= 0.6 is 0 Å². The molecule has 2 heterocycles. The average molecular weight is 319 g/mol. The Morgan fingerprint density at radius 2 is 2.30 bits per heavy atom. The molecule has 0 bridgehead atoms. The molecule has 0 saturated carbocycles. The number of furan rings is 1. The van der Waals surface area contributed by atoms with E-state index in [1.54, 1.807) is 29.2 Å². The molecule has 1 amide bonds. The standard InChI is InChI=1S/C17H18FNO4/c1-12-4-5-14(18)16(9-12)23-11-13-10-19(6-8-21-13)17(20)15-3-2-7-22-15/h2-5,7,9,13H,6,8,10-11H2,1H3. The molecular weight excluding hydrogens is 301 g/mol. The van der Waals surface area contributed by atoms with E-state index in [9.17, 15) is 9.18 Å². The Bertz CT molecular complexity index is 671. The summed E-state index contributed by atoms with van der Waals surface area (Å²) < 4.78 is 29.9. The number of morpholine rings is 1. The van der Waals surface area contributed by atoms with E-state index in [0.29, 0.717) is 25.5 Å². The Morgan fingerprint density at radius 1 is 1.43 bits per heavy atom. The molecule has 1 saturated heterocycles. The Hall–Kier alpha value is -2.34. The van der Waals surface area contributed by atoms with Crippen molar-refractivity contribution in [2.45, 2.75) is 13.0 Å². The second-order valence-corrected chi connectivity index (χ2v) is 5.47. The highest BCUT2D eigenvalue weighted by molar-refractivity contribution is 5.91. The molecule has 1 unspecified atom stereocenters. The van der Waals surface area contributed by atoms with Crippen LogP contribution in [0, 0.1) is 12.7 Å². The summed E-state index contributed by atoms with van der Waals surface area (Å²) in [7, 11) is 0. The lowest BCUT2D eigenvalue weighted by Gasteiger charge is -2.32. The van der Waals surface area contributed by atoms with Gasteiger partial charge in [0, 0.05) is 6.54 Å². The molecule has 0 aliphatic carbocycles. The van der Waals surface area contributed by atoms with Gasteiger partial charge in [-0.3, -0.25) is 4.79 Å². The Kier molecular flexibility index (Phi) is 4.62. The third-order valence-corrected chi connectivity index (χ3v) is 3.67. The lowest BCUT2D eigenvalue weighted by molar-refractivity contribution is -0.0412. The third-order valence-electron chi connectivity index (χ3n) is 3.67. The first-order valence-corrected chi connectivity index (χ1v) is 7.47. The van der Waals surface area contributed by atoms with Gasteiger partial charge in [0.2, 0.25) is 0 Å². The van der Waals surface area contributed by atoms with E-state index in [1.165, 1.54) is 12.3 Å². The fourth-order valence-electron chi connectivity index (χ4n) is 2.46. The van der Waals surface area contributed by atoms with Crippen LogP contribution in [-0.4, -0.2) is 43.2 Å². The van der Waals surface area contributed by atoms with Crippen LogP contribution in [0.2, 0.25) is 0 Å². The largest absolute Gasteiger partial charge is 0.488 e. The normalized spacial score (nSPS) is 18.0. The van der Waals surface area contributed by atoms with E-state index in [2.05, 4.69) is 0 Å². The predicted molar refractivity (Wildman–Crippen MR) is 81.0 cm³/mol. The van der Waals surface area contributed by atoms with Crippen molar-refractivity contribution >= 4 is 5.91 Å². The molecule has 1 aromatic heterocycles. The zero-order valence-corrected chi connectivity index (χ0v) is 12.8. The fraction of sp³-hybridized carbons (Fsp3) is 0.353. The van der Waals surface area contributed by atoms with Crippen molar-refractivity contribution in [3.8, 4) is 5.75 Å². The van der Waals surface area contributed by atoms with Gasteiger partial charge in [-0.05, 0) is 36.8 Å². The summed E-state index contributed by atoms with van der Waals surface area (Å²) in [5.74, 6) is -0.0839. The second kappa shape index (κ2) is 6.83. The molecule has 1 atom stereocenters. The van der Waals surface area contributed by atoms with Crippen LogP contribution in [0.4, 0.5) is 4.39 Å². The first kappa shape index (κ1) is 15.6. The Balaban J connectivity index is 1.58. The number of carbonyl (C=O) groups is 1. The Morgan fingerprint density at radius 3 is 3.09 bits per heavy atom. The van der Waals surface area contributed by atoms with Crippen LogP contribution in [0.5, 0.6) is 5.75 Å². The lowest BCUT2D eigenvalue weighted by Crippen LogP contribution is -2.47. The fourth-order valence-corrected chi connectivity index (χ4v) is 2.46. The minimum Gasteiger partial charge on any atom is -0.488 e. The Labute approximate surface area is 133 Å². The van der Waals surface area contributed by atoms with E-state index in [-0.39, 0.29) is 24.4 Å².